The maximum absolute atomic E-state index is 6.37. The minimum absolute atomic E-state index is 0.143. The average molecular weight is 375 g/mol. The van der Waals surface area contributed by atoms with Gasteiger partial charge in [-0.3, -0.25) is 0 Å². The van der Waals surface area contributed by atoms with Crippen LogP contribution in [0.4, 0.5) is 0 Å². The van der Waals surface area contributed by atoms with Gasteiger partial charge in [0.1, 0.15) is 5.75 Å². The predicted molar refractivity (Wildman–Crippen MR) is 103 cm³/mol. The first kappa shape index (κ1) is 16.7. The van der Waals surface area contributed by atoms with Crippen molar-refractivity contribution < 1.29 is 4.74 Å². The van der Waals surface area contributed by atoms with E-state index < -0.39 is 5.72 Å². The van der Waals surface area contributed by atoms with Crippen molar-refractivity contribution in [2.75, 3.05) is 0 Å². The maximum atomic E-state index is 6.37. The van der Waals surface area contributed by atoms with Gasteiger partial charge in [0.2, 0.25) is 0 Å². The molecule has 2 atom stereocenters. The summed E-state index contributed by atoms with van der Waals surface area (Å²) in [7, 11) is 0. The molecule has 3 nitrogen and oxygen atoms in total. The number of rotatable bonds is 3. The highest BCUT2D eigenvalue weighted by molar-refractivity contribution is 6.31. The van der Waals surface area contributed by atoms with Crippen LogP contribution in [0.25, 0.3) is 0 Å². The molecule has 2 aromatic carbocycles. The second kappa shape index (κ2) is 6.22. The van der Waals surface area contributed by atoms with Crippen molar-refractivity contribution in [2.45, 2.75) is 44.9 Å². The Morgan fingerprint density at radius 2 is 1.88 bits per heavy atom. The third-order valence-corrected chi connectivity index (χ3v) is 5.43. The van der Waals surface area contributed by atoms with E-state index in [9.17, 15) is 0 Å². The van der Waals surface area contributed by atoms with Crippen LogP contribution in [-0.4, -0.2) is 16.4 Å². The van der Waals surface area contributed by atoms with Gasteiger partial charge in [-0.2, -0.15) is 5.10 Å². The third kappa shape index (κ3) is 2.90. The summed E-state index contributed by atoms with van der Waals surface area (Å²) in [5.74, 6) is 0.911. The molecule has 2 aliphatic heterocycles. The van der Waals surface area contributed by atoms with E-state index in [2.05, 4.69) is 18.9 Å². The van der Waals surface area contributed by atoms with E-state index >= 15 is 0 Å². The molecule has 2 aromatic rings. The Morgan fingerprint density at radius 1 is 1.16 bits per heavy atom. The molecule has 25 heavy (non-hydrogen) atoms. The molecule has 0 saturated heterocycles. The lowest BCUT2D eigenvalue weighted by Crippen LogP contribution is -2.51. The summed E-state index contributed by atoms with van der Waals surface area (Å²) in [6, 6.07) is 13.9. The molecule has 0 unspecified atom stereocenters. The van der Waals surface area contributed by atoms with Gasteiger partial charge in [0.05, 0.1) is 11.8 Å². The second-order valence-corrected chi connectivity index (χ2v) is 7.70. The molecule has 2 heterocycles. The quantitative estimate of drug-likeness (QED) is 0.652. The Kier molecular flexibility index (Phi) is 4.17. The van der Waals surface area contributed by atoms with Gasteiger partial charge in [-0.25, -0.2) is 5.01 Å². The summed E-state index contributed by atoms with van der Waals surface area (Å²) in [5.41, 5.74) is 2.81. The molecular formula is C20H20Cl2N2O. The van der Waals surface area contributed by atoms with E-state index in [1.165, 1.54) is 0 Å². The lowest BCUT2D eigenvalue weighted by Gasteiger charge is -2.45. The van der Waals surface area contributed by atoms with Crippen LogP contribution >= 0.6 is 23.2 Å². The SMILES string of the molecule is CCC[C@]1(C)Oc2ccc(Cl)cc2[C@@H]2CC(c3ccc(Cl)cc3)=NN21. The van der Waals surface area contributed by atoms with Crippen LogP contribution in [-0.2, 0) is 0 Å². The van der Waals surface area contributed by atoms with Gasteiger partial charge in [-0.15, -0.1) is 0 Å². The molecule has 0 bridgehead atoms. The molecule has 4 rings (SSSR count). The van der Waals surface area contributed by atoms with Gasteiger partial charge in [-0.1, -0.05) is 48.7 Å². The number of hydrogen-bond acceptors (Lipinski definition) is 3. The minimum Gasteiger partial charge on any atom is -0.466 e. The molecule has 0 spiro atoms. The van der Waals surface area contributed by atoms with E-state index in [0.717, 1.165) is 51.9 Å². The Labute approximate surface area is 158 Å². The van der Waals surface area contributed by atoms with Crippen molar-refractivity contribution in [2.24, 2.45) is 5.10 Å². The first-order valence-corrected chi connectivity index (χ1v) is 9.37. The number of nitrogens with zero attached hydrogens (tertiary/aromatic N) is 2. The zero-order chi connectivity index (χ0) is 17.6. The summed E-state index contributed by atoms with van der Waals surface area (Å²) in [6.45, 7) is 4.29. The van der Waals surface area contributed by atoms with E-state index in [1.54, 1.807) is 0 Å². The second-order valence-electron chi connectivity index (χ2n) is 6.83. The summed E-state index contributed by atoms with van der Waals surface area (Å²) in [4.78, 5) is 0. The lowest BCUT2D eigenvalue weighted by atomic mass is 9.94. The molecule has 0 aromatic heterocycles. The fraction of sp³-hybridized carbons (Fsp3) is 0.350. The zero-order valence-electron chi connectivity index (χ0n) is 14.3. The van der Waals surface area contributed by atoms with Crippen molar-refractivity contribution in [3.8, 4) is 5.75 Å². The largest absolute Gasteiger partial charge is 0.466 e. The minimum atomic E-state index is -0.450. The highest BCUT2D eigenvalue weighted by atomic mass is 35.5. The van der Waals surface area contributed by atoms with Crippen LogP contribution in [0, 0.1) is 0 Å². The van der Waals surface area contributed by atoms with Crippen LogP contribution in [0.2, 0.25) is 10.0 Å². The van der Waals surface area contributed by atoms with Gasteiger partial charge in [0.15, 0.2) is 5.72 Å². The van der Waals surface area contributed by atoms with Crippen molar-refractivity contribution in [1.29, 1.82) is 0 Å². The Morgan fingerprint density at radius 3 is 2.60 bits per heavy atom. The Bertz CT molecular complexity index is 834. The lowest BCUT2D eigenvalue weighted by molar-refractivity contribution is -0.111. The summed E-state index contributed by atoms with van der Waals surface area (Å²) in [6.07, 6.45) is 2.76. The van der Waals surface area contributed by atoms with Crippen molar-refractivity contribution in [3.63, 3.8) is 0 Å². The van der Waals surface area contributed by atoms with E-state index in [-0.39, 0.29) is 6.04 Å². The van der Waals surface area contributed by atoms with Crippen LogP contribution in [0.1, 0.15) is 50.3 Å². The molecule has 0 N–H and O–H groups in total. The molecule has 5 heteroatoms. The molecule has 130 valence electrons. The van der Waals surface area contributed by atoms with Gasteiger partial charge in [0.25, 0.3) is 0 Å². The van der Waals surface area contributed by atoms with E-state index in [4.69, 9.17) is 33.0 Å². The first-order valence-electron chi connectivity index (χ1n) is 8.61. The van der Waals surface area contributed by atoms with E-state index in [1.807, 2.05) is 42.5 Å². The third-order valence-electron chi connectivity index (χ3n) is 4.95. The monoisotopic (exact) mass is 374 g/mol. The number of hydrazone groups is 1. The van der Waals surface area contributed by atoms with Gasteiger partial charge < -0.3 is 4.74 Å². The smallest absolute Gasteiger partial charge is 0.195 e. The first-order chi connectivity index (χ1) is 12.0. The summed E-state index contributed by atoms with van der Waals surface area (Å²) < 4.78 is 6.37. The number of benzene rings is 2. The molecular weight excluding hydrogens is 355 g/mol. The maximum Gasteiger partial charge on any atom is 0.195 e. The van der Waals surface area contributed by atoms with Gasteiger partial charge in [-0.05, 0) is 42.8 Å². The fourth-order valence-electron chi connectivity index (χ4n) is 3.79. The molecule has 0 radical (unpaired) electrons. The topological polar surface area (TPSA) is 24.8 Å². The van der Waals surface area contributed by atoms with Crippen LogP contribution in [0.15, 0.2) is 47.6 Å². The predicted octanol–water partition coefficient (Wildman–Crippen LogP) is 6.05. The highest BCUT2D eigenvalue weighted by Crippen LogP contribution is 2.48. The van der Waals surface area contributed by atoms with Gasteiger partial charge in [0, 0.05) is 28.5 Å². The fourth-order valence-corrected chi connectivity index (χ4v) is 4.10. The number of fused-ring (bicyclic) bond motifs is 3. The van der Waals surface area contributed by atoms with Crippen LogP contribution in [0.5, 0.6) is 5.75 Å². The van der Waals surface area contributed by atoms with Crippen molar-refractivity contribution in [3.05, 3.63) is 63.6 Å². The molecule has 0 aliphatic carbocycles. The standard InChI is InChI=1S/C20H20Cl2N2O/c1-3-10-20(2)24-18(16-11-15(22)8-9-19(16)25-20)12-17(23-24)13-4-6-14(21)7-5-13/h4-9,11,18H,3,10,12H2,1-2H3/t18-,20-/m0/s1. The van der Waals surface area contributed by atoms with Crippen molar-refractivity contribution in [1.82, 2.24) is 5.01 Å². The zero-order valence-corrected chi connectivity index (χ0v) is 15.8. The summed E-state index contributed by atoms with van der Waals surface area (Å²) >= 11 is 12.3. The summed E-state index contributed by atoms with van der Waals surface area (Å²) in [5, 5.41) is 8.53. The molecule has 0 amide bonds. The normalized spacial score (nSPS) is 24.4. The molecule has 2 aliphatic rings. The van der Waals surface area contributed by atoms with E-state index in [0.29, 0.717) is 0 Å². The van der Waals surface area contributed by atoms with Gasteiger partial charge >= 0.3 is 0 Å². The van der Waals surface area contributed by atoms with Crippen LogP contribution < -0.4 is 4.74 Å². The molecule has 0 saturated carbocycles. The number of ether oxygens (including phenoxy) is 1. The van der Waals surface area contributed by atoms with Crippen molar-refractivity contribution >= 4 is 28.9 Å². The van der Waals surface area contributed by atoms with Crippen LogP contribution in [0.3, 0.4) is 0 Å². The molecule has 0 fully saturated rings. The Balaban J connectivity index is 1.78. The highest BCUT2D eigenvalue weighted by Gasteiger charge is 2.47. The number of hydrogen-bond donors (Lipinski definition) is 0. The Hall–Kier alpha value is -1.71. The average Bonchev–Trinajstić information content (AvgIpc) is 3.03. The number of halogens is 2.